The molecule has 0 saturated carbocycles. The van der Waals surface area contributed by atoms with Crippen LogP contribution in [0, 0.1) is 0 Å². The first-order valence-corrected chi connectivity index (χ1v) is 6.65. The van der Waals surface area contributed by atoms with E-state index in [0.29, 0.717) is 6.42 Å². The molecule has 3 N–H and O–H groups in total. The van der Waals surface area contributed by atoms with Crippen molar-refractivity contribution in [2.24, 2.45) is 5.73 Å². The average molecular weight is 235 g/mol. The predicted molar refractivity (Wildman–Crippen MR) is 62.3 cm³/mol. The fourth-order valence-electron chi connectivity index (χ4n) is 1.59. The lowest BCUT2D eigenvalue weighted by molar-refractivity contribution is 0.400. The van der Waals surface area contributed by atoms with Crippen LogP contribution in [0.3, 0.4) is 0 Å². The minimum atomic E-state index is -4.12. The lowest BCUT2D eigenvalue weighted by Gasteiger charge is -2.27. The molecule has 0 radical (unpaired) electrons. The molecule has 0 rings (SSSR count). The Morgan fingerprint density at radius 2 is 2.07 bits per heavy atom. The van der Waals surface area contributed by atoms with Gasteiger partial charge in [0.1, 0.15) is 4.75 Å². The zero-order chi connectivity index (χ0) is 11.9. The standard InChI is InChI=1S/C10H21NO3S/c1-3-5-6-8-10(9-11,7-4-2)15(12,13)14/h4H,2-3,5-9,11H2,1H3,(H,12,13,14). The van der Waals surface area contributed by atoms with Gasteiger partial charge in [0.25, 0.3) is 10.1 Å². The first-order chi connectivity index (χ1) is 6.93. The summed E-state index contributed by atoms with van der Waals surface area (Å²) >= 11 is 0. The monoisotopic (exact) mass is 235 g/mol. The van der Waals surface area contributed by atoms with Crippen molar-refractivity contribution in [2.45, 2.75) is 43.8 Å². The maximum absolute atomic E-state index is 11.3. The van der Waals surface area contributed by atoms with Gasteiger partial charge >= 0.3 is 0 Å². The van der Waals surface area contributed by atoms with Crippen molar-refractivity contribution in [1.82, 2.24) is 0 Å². The molecular weight excluding hydrogens is 214 g/mol. The quantitative estimate of drug-likeness (QED) is 0.381. The number of unbranched alkanes of at least 4 members (excludes halogenated alkanes) is 2. The summed E-state index contributed by atoms with van der Waals surface area (Å²) in [4.78, 5) is 0. The fraction of sp³-hybridized carbons (Fsp3) is 0.800. The van der Waals surface area contributed by atoms with E-state index in [4.69, 9.17) is 5.73 Å². The van der Waals surface area contributed by atoms with Gasteiger partial charge in [-0.2, -0.15) is 8.42 Å². The van der Waals surface area contributed by atoms with E-state index in [2.05, 4.69) is 6.58 Å². The van der Waals surface area contributed by atoms with E-state index in [-0.39, 0.29) is 13.0 Å². The van der Waals surface area contributed by atoms with Gasteiger partial charge in [-0.1, -0.05) is 32.3 Å². The second-order valence-electron chi connectivity index (χ2n) is 3.81. The van der Waals surface area contributed by atoms with Crippen molar-refractivity contribution in [3.8, 4) is 0 Å². The van der Waals surface area contributed by atoms with Crippen molar-refractivity contribution in [3.05, 3.63) is 12.7 Å². The highest BCUT2D eigenvalue weighted by atomic mass is 32.2. The van der Waals surface area contributed by atoms with Crippen LogP contribution in [0.25, 0.3) is 0 Å². The van der Waals surface area contributed by atoms with E-state index in [1.165, 1.54) is 6.08 Å². The van der Waals surface area contributed by atoms with Crippen LogP contribution in [0.5, 0.6) is 0 Å². The molecule has 0 spiro atoms. The van der Waals surface area contributed by atoms with E-state index < -0.39 is 14.9 Å². The van der Waals surface area contributed by atoms with Crippen LogP contribution in [-0.4, -0.2) is 24.3 Å². The molecule has 0 heterocycles. The van der Waals surface area contributed by atoms with Crippen molar-refractivity contribution in [1.29, 1.82) is 0 Å². The second-order valence-corrected chi connectivity index (χ2v) is 5.63. The Hall–Kier alpha value is -0.390. The molecule has 90 valence electrons. The number of nitrogens with two attached hydrogens (primary N) is 1. The largest absolute Gasteiger partial charge is 0.329 e. The van der Waals surface area contributed by atoms with Gasteiger partial charge in [0, 0.05) is 6.54 Å². The predicted octanol–water partition coefficient (Wildman–Crippen LogP) is 1.73. The second kappa shape index (κ2) is 6.25. The fourth-order valence-corrected chi connectivity index (χ4v) is 2.53. The number of rotatable bonds is 8. The third-order valence-corrected chi connectivity index (χ3v) is 4.30. The third kappa shape index (κ3) is 3.93. The van der Waals surface area contributed by atoms with Crippen LogP contribution in [0.15, 0.2) is 12.7 Å². The molecule has 0 bridgehead atoms. The first-order valence-electron chi connectivity index (χ1n) is 5.21. The van der Waals surface area contributed by atoms with Crippen molar-refractivity contribution >= 4 is 10.1 Å². The highest BCUT2D eigenvalue weighted by Gasteiger charge is 2.39. The van der Waals surface area contributed by atoms with E-state index in [1.807, 2.05) is 6.92 Å². The van der Waals surface area contributed by atoms with Crippen LogP contribution >= 0.6 is 0 Å². The molecule has 0 aliphatic carbocycles. The van der Waals surface area contributed by atoms with Gasteiger partial charge in [-0.05, 0) is 12.8 Å². The van der Waals surface area contributed by atoms with Crippen LogP contribution in [0.2, 0.25) is 0 Å². The average Bonchev–Trinajstić information content (AvgIpc) is 2.15. The number of hydrogen-bond donors (Lipinski definition) is 2. The number of hydrogen-bond acceptors (Lipinski definition) is 3. The van der Waals surface area contributed by atoms with Gasteiger partial charge in [-0.15, -0.1) is 6.58 Å². The Balaban J connectivity index is 4.74. The topological polar surface area (TPSA) is 80.4 Å². The van der Waals surface area contributed by atoms with Gasteiger partial charge in [0.15, 0.2) is 0 Å². The van der Waals surface area contributed by atoms with Gasteiger partial charge in [0.05, 0.1) is 0 Å². The smallest absolute Gasteiger partial charge is 0.272 e. The van der Waals surface area contributed by atoms with E-state index in [1.54, 1.807) is 0 Å². The lowest BCUT2D eigenvalue weighted by Crippen LogP contribution is -2.45. The molecule has 0 aromatic carbocycles. The molecule has 0 aromatic rings. The summed E-state index contributed by atoms with van der Waals surface area (Å²) in [5.41, 5.74) is 5.48. The Bertz CT molecular complexity index is 287. The summed E-state index contributed by atoms with van der Waals surface area (Å²) in [6.07, 6.45) is 4.77. The SMILES string of the molecule is C=CCC(CN)(CCCCC)S(=O)(=O)O. The summed E-state index contributed by atoms with van der Waals surface area (Å²) in [7, 11) is -4.12. The van der Waals surface area contributed by atoms with Crippen LogP contribution in [0.4, 0.5) is 0 Å². The van der Waals surface area contributed by atoms with Crippen molar-refractivity contribution < 1.29 is 13.0 Å². The molecule has 1 unspecified atom stereocenters. The molecule has 4 nitrogen and oxygen atoms in total. The molecule has 0 amide bonds. The molecule has 15 heavy (non-hydrogen) atoms. The zero-order valence-electron chi connectivity index (χ0n) is 9.28. The van der Waals surface area contributed by atoms with Gasteiger partial charge < -0.3 is 5.73 Å². The van der Waals surface area contributed by atoms with Crippen LogP contribution in [-0.2, 0) is 10.1 Å². The molecule has 0 fully saturated rings. The minimum Gasteiger partial charge on any atom is -0.329 e. The minimum absolute atomic E-state index is 0.0679. The van der Waals surface area contributed by atoms with Crippen molar-refractivity contribution in [3.63, 3.8) is 0 Å². The summed E-state index contributed by atoms with van der Waals surface area (Å²) in [6.45, 7) is 5.47. The zero-order valence-corrected chi connectivity index (χ0v) is 10.1. The van der Waals surface area contributed by atoms with Crippen molar-refractivity contribution in [2.75, 3.05) is 6.54 Å². The Morgan fingerprint density at radius 1 is 1.47 bits per heavy atom. The number of allylic oxidation sites excluding steroid dienone is 1. The molecule has 0 saturated heterocycles. The molecular formula is C10H21NO3S. The van der Waals surface area contributed by atoms with E-state index >= 15 is 0 Å². The summed E-state index contributed by atoms with van der Waals surface area (Å²) in [5.74, 6) is 0. The lowest BCUT2D eigenvalue weighted by atomic mass is 9.97. The highest BCUT2D eigenvalue weighted by molar-refractivity contribution is 7.87. The summed E-state index contributed by atoms with van der Waals surface area (Å²) < 4.78 is 30.6. The molecule has 0 aliphatic rings. The van der Waals surface area contributed by atoms with Gasteiger partial charge in [-0.3, -0.25) is 4.55 Å². The summed E-state index contributed by atoms with van der Waals surface area (Å²) in [5, 5.41) is 0. The third-order valence-electron chi connectivity index (χ3n) is 2.67. The Morgan fingerprint density at radius 3 is 2.40 bits per heavy atom. The molecule has 0 aromatic heterocycles. The maximum atomic E-state index is 11.3. The van der Waals surface area contributed by atoms with Crippen LogP contribution in [0.1, 0.15) is 39.0 Å². The molecule has 5 heteroatoms. The Labute approximate surface area is 92.3 Å². The van der Waals surface area contributed by atoms with Gasteiger partial charge in [-0.25, -0.2) is 0 Å². The Kier molecular flexibility index (Phi) is 6.09. The normalized spacial score (nSPS) is 15.9. The summed E-state index contributed by atoms with van der Waals surface area (Å²) in [6, 6.07) is 0. The molecule has 0 aliphatic heterocycles. The highest BCUT2D eigenvalue weighted by Crippen LogP contribution is 2.27. The first kappa shape index (κ1) is 14.6. The van der Waals surface area contributed by atoms with E-state index in [0.717, 1.165) is 19.3 Å². The maximum Gasteiger partial charge on any atom is 0.272 e. The van der Waals surface area contributed by atoms with Gasteiger partial charge in [0.2, 0.25) is 0 Å². The van der Waals surface area contributed by atoms with Crippen LogP contribution < -0.4 is 5.73 Å². The molecule has 1 atom stereocenters. The van der Waals surface area contributed by atoms with E-state index in [9.17, 15) is 13.0 Å².